The monoisotopic (exact) mass is 826 g/mol. The molecule has 0 radical (unpaired) electrons. The van der Waals surface area contributed by atoms with Crippen LogP contribution in [-0.4, -0.2) is 19.9 Å². The van der Waals surface area contributed by atoms with Crippen molar-refractivity contribution < 1.29 is 0 Å². The first-order valence-corrected chi connectivity index (χ1v) is 22.1. The van der Waals surface area contributed by atoms with Crippen LogP contribution in [0.3, 0.4) is 0 Å². The van der Waals surface area contributed by atoms with Crippen LogP contribution in [0, 0.1) is 0 Å². The minimum absolute atomic E-state index is 0.523. The fourth-order valence-corrected chi connectivity index (χ4v) is 10.5. The zero-order chi connectivity index (χ0) is 42.9. The molecular formula is C61H38N4. The maximum atomic E-state index is 5.59. The van der Waals surface area contributed by atoms with Crippen LogP contribution in [0.5, 0.6) is 0 Å². The summed E-state index contributed by atoms with van der Waals surface area (Å²) >= 11 is 0. The van der Waals surface area contributed by atoms with Crippen molar-refractivity contribution in [2.45, 2.75) is 5.41 Å². The lowest BCUT2D eigenvalue weighted by Crippen LogP contribution is -2.26. The molecule has 1 spiro atoms. The Labute approximate surface area is 377 Å². The van der Waals surface area contributed by atoms with Crippen LogP contribution in [0.1, 0.15) is 22.3 Å². The Kier molecular flexibility index (Phi) is 8.40. The molecule has 11 aromatic rings. The predicted octanol–water partition coefficient (Wildman–Crippen LogP) is 14.8. The molecule has 0 unspecified atom stereocenters. The first kappa shape index (κ1) is 37.0. The van der Waals surface area contributed by atoms with E-state index in [1.165, 1.54) is 33.4 Å². The van der Waals surface area contributed by atoms with Gasteiger partial charge >= 0.3 is 0 Å². The zero-order valence-corrected chi connectivity index (χ0v) is 35.2. The molecule has 0 bridgehead atoms. The lowest BCUT2D eigenvalue weighted by atomic mass is 9.69. The van der Waals surface area contributed by atoms with E-state index in [0.29, 0.717) is 17.5 Å². The summed E-state index contributed by atoms with van der Waals surface area (Å²) in [6.07, 6.45) is 0. The van der Waals surface area contributed by atoms with Crippen molar-refractivity contribution in [3.63, 3.8) is 0 Å². The quantitative estimate of drug-likeness (QED) is 0.168. The third-order valence-corrected chi connectivity index (χ3v) is 13.3. The Morgan fingerprint density at radius 1 is 0.277 bits per heavy atom. The number of rotatable bonds is 6. The lowest BCUT2D eigenvalue weighted by molar-refractivity contribution is 0.800. The van der Waals surface area contributed by atoms with Crippen LogP contribution in [0.2, 0.25) is 0 Å². The van der Waals surface area contributed by atoms with Gasteiger partial charge in [0.2, 0.25) is 0 Å². The highest BCUT2D eigenvalue weighted by molar-refractivity contribution is 6.06. The number of benzene rings is 9. The van der Waals surface area contributed by atoms with Gasteiger partial charge in [-0.05, 0) is 103 Å². The van der Waals surface area contributed by atoms with E-state index in [-0.39, 0.29) is 0 Å². The molecule has 4 nitrogen and oxygen atoms in total. The minimum atomic E-state index is -0.590. The minimum Gasteiger partial charge on any atom is -0.244 e. The second-order valence-electron chi connectivity index (χ2n) is 16.9. The molecule has 2 aliphatic carbocycles. The van der Waals surface area contributed by atoms with Gasteiger partial charge in [0.05, 0.1) is 10.9 Å². The van der Waals surface area contributed by atoms with Crippen molar-refractivity contribution in [3.05, 3.63) is 253 Å². The smallest absolute Gasteiger partial charge is 0.183 e. The number of hydrogen-bond acceptors (Lipinski definition) is 4. The topological polar surface area (TPSA) is 51.6 Å². The van der Waals surface area contributed by atoms with Gasteiger partial charge in [-0.2, -0.15) is 0 Å². The normalized spacial score (nSPS) is 12.7. The molecule has 65 heavy (non-hydrogen) atoms. The van der Waals surface area contributed by atoms with E-state index in [0.717, 1.165) is 72.2 Å². The van der Waals surface area contributed by atoms with E-state index in [1.54, 1.807) is 0 Å². The highest BCUT2D eigenvalue weighted by Gasteiger charge is 2.53. The van der Waals surface area contributed by atoms with Gasteiger partial charge in [0.1, 0.15) is 5.69 Å². The Hall–Kier alpha value is -8.60. The standard InChI is InChI=1S/C61H38N4/c1-4-19-39(20-5-1)42-25-18-26-43(35-42)58-63-59(46-37-44(40-21-6-2-7-22-40)36-45(38-46)41-23-8-3-9-24-41)65-60(64-58)57-55-49-29-12-16-33-53(49)61(56(55)50-30-13-17-34-54(50)62-57)51-31-14-10-27-47(51)48-28-11-15-32-52(48)61/h1-38H. The molecule has 4 heteroatoms. The van der Waals surface area contributed by atoms with Crippen LogP contribution in [0.25, 0.3) is 101 Å². The first-order valence-electron chi connectivity index (χ1n) is 22.1. The van der Waals surface area contributed by atoms with E-state index in [2.05, 4.69) is 224 Å². The average molecular weight is 827 g/mol. The largest absolute Gasteiger partial charge is 0.244 e. The Morgan fingerprint density at radius 3 is 1.31 bits per heavy atom. The van der Waals surface area contributed by atoms with E-state index in [1.807, 2.05) is 6.07 Å². The van der Waals surface area contributed by atoms with E-state index >= 15 is 0 Å². The van der Waals surface area contributed by atoms with Gasteiger partial charge in [0.15, 0.2) is 17.5 Å². The van der Waals surface area contributed by atoms with Gasteiger partial charge in [0.25, 0.3) is 0 Å². The number of pyridine rings is 1. The van der Waals surface area contributed by atoms with Crippen molar-refractivity contribution in [2.75, 3.05) is 0 Å². The molecule has 13 rings (SSSR count). The summed E-state index contributed by atoms with van der Waals surface area (Å²) in [4.78, 5) is 22.0. The molecule has 2 heterocycles. The lowest BCUT2D eigenvalue weighted by Gasteiger charge is -2.31. The summed E-state index contributed by atoms with van der Waals surface area (Å²) in [5.74, 6) is 1.68. The van der Waals surface area contributed by atoms with E-state index in [4.69, 9.17) is 19.9 Å². The molecular weight excluding hydrogens is 789 g/mol. The summed E-state index contributed by atoms with van der Waals surface area (Å²) in [7, 11) is 0. The second-order valence-corrected chi connectivity index (χ2v) is 16.9. The number of nitrogens with zero attached hydrogens (tertiary/aromatic N) is 4. The molecule has 302 valence electrons. The molecule has 0 saturated heterocycles. The SMILES string of the molecule is c1ccc(-c2cccc(-c3nc(-c4cc(-c5ccccc5)cc(-c5ccccc5)c4)nc(-c4nc5ccccc5c5c4-c4ccccc4C54c5ccccc5-c5ccccc54)n3)c2)cc1. The van der Waals surface area contributed by atoms with E-state index < -0.39 is 5.41 Å². The van der Waals surface area contributed by atoms with E-state index in [9.17, 15) is 0 Å². The summed E-state index contributed by atoms with van der Waals surface area (Å²) < 4.78 is 0. The number of para-hydroxylation sites is 1. The first-order chi connectivity index (χ1) is 32.2. The van der Waals surface area contributed by atoms with Crippen LogP contribution in [0.4, 0.5) is 0 Å². The average Bonchev–Trinajstić information content (AvgIpc) is 3.87. The molecule has 2 aromatic heterocycles. The highest BCUT2D eigenvalue weighted by atomic mass is 15.0. The molecule has 0 saturated carbocycles. The number of hydrogen-bond donors (Lipinski definition) is 0. The van der Waals surface area contributed by atoms with Crippen LogP contribution < -0.4 is 0 Å². The van der Waals surface area contributed by atoms with Crippen molar-refractivity contribution in [2.24, 2.45) is 0 Å². The van der Waals surface area contributed by atoms with Crippen molar-refractivity contribution in [1.82, 2.24) is 19.9 Å². The van der Waals surface area contributed by atoms with Gasteiger partial charge in [-0.1, -0.05) is 200 Å². The molecule has 0 aliphatic heterocycles. The molecule has 0 atom stereocenters. The van der Waals surface area contributed by atoms with Crippen LogP contribution in [0.15, 0.2) is 231 Å². The number of fused-ring (bicyclic) bond motifs is 12. The Bertz CT molecular complexity index is 3550. The number of aromatic nitrogens is 4. The Morgan fingerprint density at radius 2 is 0.692 bits per heavy atom. The van der Waals surface area contributed by atoms with Crippen molar-refractivity contribution in [1.29, 1.82) is 0 Å². The zero-order valence-electron chi connectivity index (χ0n) is 35.2. The maximum Gasteiger partial charge on any atom is 0.183 e. The fourth-order valence-electron chi connectivity index (χ4n) is 10.5. The third kappa shape index (κ3) is 5.77. The highest BCUT2D eigenvalue weighted by Crippen LogP contribution is 2.65. The van der Waals surface area contributed by atoms with Gasteiger partial charge in [0, 0.05) is 22.1 Å². The summed E-state index contributed by atoms with van der Waals surface area (Å²) in [6, 6.07) is 82.0. The molecule has 0 N–H and O–H groups in total. The summed E-state index contributed by atoms with van der Waals surface area (Å²) in [5, 5.41) is 1.11. The van der Waals surface area contributed by atoms with Crippen LogP contribution >= 0.6 is 0 Å². The maximum absolute atomic E-state index is 5.59. The van der Waals surface area contributed by atoms with Gasteiger partial charge in [-0.15, -0.1) is 0 Å². The van der Waals surface area contributed by atoms with Gasteiger partial charge < -0.3 is 0 Å². The molecule has 9 aromatic carbocycles. The van der Waals surface area contributed by atoms with Crippen molar-refractivity contribution >= 4 is 10.9 Å². The predicted molar refractivity (Wildman–Crippen MR) is 264 cm³/mol. The van der Waals surface area contributed by atoms with Crippen LogP contribution in [-0.2, 0) is 5.41 Å². The summed E-state index contributed by atoms with van der Waals surface area (Å²) in [5.41, 5.74) is 19.1. The summed E-state index contributed by atoms with van der Waals surface area (Å²) in [6.45, 7) is 0. The third-order valence-electron chi connectivity index (χ3n) is 13.3. The Balaban J connectivity index is 1.13. The molecule has 0 amide bonds. The second kappa shape index (κ2) is 14.8. The molecule has 2 aliphatic rings. The van der Waals surface area contributed by atoms with Crippen molar-refractivity contribution in [3.8, 4) is 89.9 Å². The fraction of sp³-hybridized carbons (Fsp3) is 0.0164. The van der Waals surface area contributed by atoms with Gasteiger partial charge in [-0.3, -0.25) is 0 Å². The van der Waals surface area contributed by atoms with Gasteiger partial charge in [-0.25, -0.2) is 19.9 Å². The molecule has 0 fully saturated rings.